The van der Waals surface area contributed by atoms with Gasteiger partial charge in [0.15, 0.2) is 9.84 Å². The first-order chi connectivity index (χ1) is 8.88. The maximum Gasteiger partial charge on any atom is 0.175 e. The van der Waals surface area contributed by atoms with Gasteiger partial charge in [0.05, 0.1) is 22.3 Å². The van der Waals surface area contributed by atoms with E-state index in [0.717, 1.165) is 5.69 Å². The van der Waals surface area contributed by atoms with Gasteiger partial charge in [0.2, 0.25) is 0 Å². The molecule has 0 fully saturated rings. The third kappa shape index (κ3) is 3.27. The molecule has 1 aromatic carbocycles. The van der Waals surface area contributed by atoms with Crippen molar-refractivity contribution in [1.29, 1.82) is 0 Å². The topological polar surface area (TPSA) is 72.2 Å². The lowest BCUT2D eigenvalue weighted by molar-refractivity contribution is 0.602. The van der Waals surface area contributed by atoms with Crippen molar-refractivity contribution in [2.45, 2.75) is 17.9 Å². The summed E-state index contributed by atoms with van der Waals surface area (Å²) in [6, 6.07) is 8.92. The second kappa shape index (κ2) is 5.22. The normalized spacial score (nSPS) is 13.2. The molecule has 0 amide bonds. The highest BCUT2D eigenvalue weighted by atomic mass is 32.2. The molecule has 0 saturated carbocycles. The van der Waals surface area contributed by atoms with Crippen molar-refractivity contribution < 1.29 is 8.42 Å². The summed E-state index contributed by atoms with van der Waals surface area (Å²) in [6.45, 7) is 2.04. The summed E-state index contributed by atoms with van der Waals surface area (Å²) in [7, 11) is -3.22. The summed E-state index contributed by atoms with van der Waals surface area (Å²) >= 11 is 1.66. The summed E-state index contributed by atoms with van der Waals surface area (Å²) in [5, 5.41) is 5.30. The number of nitrogen functional groups attached to an aromatic ring is 1. The van der Waals surface area contributed by atoms with E-state index in [1.54, 1.807) is 23.5 Å². The maximum absolute atomic E-state index is 11.4. The van der Waals surface area contributed by atoms with Gasteiger partial charge >= 0.3 is 0 Å². The molecule has 0 spiro atoms. The van der Waals surface area contributed by atoms with Gasteiger partial charge < -0.3 is 11.1 Å². The number of anilines is 2. The summed E-state index contributed by atoms with van der Waals surface area (Å²) in [5.41, 5.74) is 7.08. The first kappa shape index (κ1) is 13.9. The number of nitrogens with one attached hydrogen (secondary N) is 1. The fraction of sp³-hybridized carbons (Fsp3) is 0.231. The Hall–Kier alpha value is -1.53. The van der Waals surface area contributed by atoms with Gasteiger partial charge in [-0.1, -0.05) is 6.07 Å². The molecule has 0 aliphatic carbocycles. The monoisotopic (exact) mass is 296 g/mol. The van der Waals surface area contributed by atoms with Crippen LogP contribution in [-0.4, -0.2) is 14.7 Å². The lowest BCUT2D eigenvalue weighted by Gasteiger charge is -2.16. The van der Waals surface area contributed by atoms with E-state index in [1.807, 2.05) is 24.4 Å². The van der Waals surface area contributed by atoms with Crippen LogP contribution in [0.15, 0.2) is 40.6 Å². The Balaban J connectivity index is 2.23. The molecule has 1 heterocycles. The van der Waals surface area contributed by atoms with Crippen LogP contribution in [-0.2, 0) is 9.84 Å². The molecule has 19 heavy (non-hydrogen) atoms. The van der Waals surface area contributed by atoms with Gasteiger partial charge in [-0.2, -0.15) is 0 Å². The zero-order chi connectivity index (χ0) is 14.0. The molecular formula is C13H16N2O2S2. The number of sulfone groups is 1. The van der Waals surface area contributed by atoms with E-state index in [-0.39, 0.29) is 10.9 Å². The van der Waals surface area contributed by atoms with Gasteiger partial charge in [0.25, 0.3) is 0 Å². The number of hydrogen-bond donors (Lipinski definition) is 2. The molecule has 2 aromatic rings. The molecule has 6 heteroatoms. The average molecular weight is 296 g/mol. The highest BCUT2D eigenvalue weighted by Crippen LogP contribution is 2.28. The zero-order valence-electron chi connectivity index (χ0n) is 10.8. The standard InChI is InChI=1S/C13H16N2O2S2/c1-9(13-4-3-7-18-13)15-12-6-5-10(8-11(12)14)19(2,16)17/h3-9,15H,14H2,1-2H3. The van der Waals surface area contributed by atoms with Gasteiger partial charge in [-0.25, -0.2) is 8.42 Å². The number of thiophene rings is 1. The smallest absolute Gasteiger partial charge is 0.175 e. The molecule has 1 aromatic heterocycles. The van der Waals surface area contributed by atoms with E-state index in [0.29, 0.717) is 5.69 Å². The van der Waals surface area contributed by atoms with Crippen molar-refractivity contribution in [2.24, 2.45) is 0 Å². The van der Waals surface area contributed by atoms with E-state index < -0.39 is 9.84 Å². The molecule has 0 aliphatic heterocycles. The first-order valence-electron chi connectivity index (χ1n) is 5.77. The SMILES string of the molecule is CC(Nc1ccc(S(C)(=O)=O)cc1N)c1cccs1. The van der Waals surface area contributed by atoms with Gasteiger partial charge in [-0.05, 0) is 36.6 Å². The predicted octanol–water partition coefficient (Wildman–Crippen LogP) is 2.91. The van der Waals surface area contributed by atoms with Crippen LogP contribution in [0.5, 0.6) is 0 Å². The van der Waals surface area contributed by atoms with Gasteiger partial charge in [0, 0.05) is 11.1 Å². The van der Waals surface area contributed by atoms with Crippen LogP contribution in [0.3, 0.4) is 0 Å². The minimum atomic E-state index is -3.22. The largest absolute Gasteiger partial charge is 0.397 e. The molecule has 3 N–H and O–H groups in total. The fourth-order valence-corrected chi connectivity index (χ4v) is 3.14. The second-order valence-corrected chi connectivity index (χ2v) is 7.40. The Bertz CT molecular complexity index is 664. The highest BCUT2D eigenvalue weighted by molar-refractivity contribution is 7.90. The van der Waals surface area contributed by atoms with Crippen LogP contribution in [0, 0.1) is 0 Å². The molecule has 4 nitrogen and oxygen atoms in total. The number of rotatable bonds is 4. The molecule has 1 unspecified atom stereocenters. The van der Waals surface area contributed by atoms with Gasteiger partial charge in [-0.15, -0.1) is 11.3 Å². The minimum absolute atomic E-state index is 0.131. The molecule has 1 atom stereocenters. The van der Waals surface area contributed by atoms with Crippen LogP contribution in [0.25, 0.3) is 0 Å². The number of benzene rings is 1. The van der Waals surface area contributed by atoms with E-state index in [1.165, 1.54) is 17.2 Å². The fourth-order valence-electron chi connectivity index (χ4n) is 1.74. The summed E-state index contributed by atoms with van der Waals surface area (Å²) < 4.78 is 22.9. The average Bonchev–Trinajstić information content (AvgIpc) is 2.84. The molecule has 0 radical (unpaired) electrons. The third-order valence-electron chi connectivity index (χ3n) is 2.79. The van der Waals surface area contributed by atoms with Crippen molar-refractivity contribution in [2.75, 3.05) is 17.3 Å². The molecule has 2 rings (SSSR count). The first-order valence-corrected chi connectivity index (χ1v) is 8.54. The van der Waals surface area contributed by atoms with Crippen molar-refractivity contribution in [3.05, 3.63) is 40.6 Å². The molecule has 0 saturated heterocycles. The van der Waals surface area contributed by atoms with E-state index >= 15 is 0 Å². The Morgan fingerprint density at radius 1 is 1.32 bits per heavy atom. The molecule has 102 valence electrons. The zero-order valence-corrected chi connectivity index (χ0v) is 12.4. The van der Waals surface area contributed by atoms with Crippen molar-refractivity contribution >= 4 is 32.5 Å². The van der Waals surface area contributed by atoms with Crippen LogP contribution in [0.1, 0.15) is 17.8 Å². The number of nitrogens with two attached hydrogens (primary N) is 1. The third-order valence-corrected chi connectivity index (χ3v) is 4.96. The lowest BCUT2D eigenvalue weighted by atomic mass is 10.2. The van der Waals surface area contributed by atoms with Crippen molar-refractivity contribution in [1.82, 2.24) is 0 Å². The summed E-state index contributed by atoms with van der Waals surface area (Å²) in [6.07, 6.45) is 1.17. The predicted molar refractivity (Wildman–Crippen MR) is 80.3 cm³/mol. The van der Waals surface area contributed by atoms with Gasteiger partial charge in [-0.3, -0.25) is 0 Å². The molecular weight excluding hydrogens is 280 g/mol. The van der Waals surface area contributed by atoms with E-state index in [9.17, 15) is 8.42 Å². The summed E-state index contributed by atoms with van der Waals surface area (Å²) in [4.78, 5) is 1.44. The van der Waals surface area contributed by atoms with E-state index in [2.05, 4.69) is 5.32 Å². The summed E-state index contributed by atoms with van der Waals surface area (Å²) in [5.74, 6) is 0. The lowest BCUT2D eigenvalue weighted by Crippen LogP contribution is -2.08. The van der Waals surface area contributed by atoms with Crippen molar-refractivity contribution in [3.63, 3.8) is 0 Å². The van der Waals surface area contributed by atoms with Crippen LogP contribution >= 0.6 is 11.3 Å². The Morgan fingerprint density at radius 3 is 2.58 bits per heavy atom. The quantitative estimate of drug-likeness (QED) is 0.851. The minimum Gasteiger partial charge on any atom is -0.397 e. The Labute approximate surface area is 117 Å². The van der Waals surface area contributed by atoms with Gasteiger partial charge in [0.1, 0.15) is 0 Å². The van der Waals surface area contributed by atoms with Crippen LogP contribution in [0.4, 0.5) is 11.4 Å². The second-order valence-electron chi connectivity index (χ2n) is 4.40. The van der Waals surface area contributed by atoms with E-state index in [4.69, 9.17) is 5.73 Å². The van der Waals surface area contributed by atoms with Crippen LogP contribution in [0.2, 0.25) is 0 Å². The van der Waals surface area contributed by atoms with Crippen molar-refractivity contribution in [3.8, 4) is 0 Å². The highest BCUT2D eigenvalue weighted by Gasteiger charge is 2.12. The molecule has 0 bridgehead atoms. The van der Waals surface area contributed by atoms with Crippen LogP contribution < -0.4 is 11.1 Å². The Morgan fingerprint density at radius 2 is 2.05 bits per heavy atom. The number of hydrogen-bond acceptors (Lipinski definition) is 5. The Kier molecular flexibility index (Phi) is 3.82. The maximum atomic E-state index is 11.4. The molecule has 0 aliphatic rings.